The van der Waals surface area contributed by atoms with E-state index in [1.54, 1.807) is 0 Å². The Kier molecular flexibility index (Phi) is 5.11. The van der Waals surface area contributed by atoms with Crippen molar-refractivity contribution in [1.29, 1.82) is 0 Å². The normalized spacial score (nSPS) is 12.7. The first-order valence-corrected chi connectivity index (χ1v) is 7.85. The number of halogens is 2. The van der Waals surface area contributed by atoms with Crippen LogP contribution in [0.2, 0.25) is 5.02 Å². The van der Waals surface area contributed by atoms with Crippen molar-refractivity contribution in [2.45, 2.75) is 45.5 Å². The van der Waals surface area contributed by atoms with Crippen LogP contribution in [0.1, 0.15) is 48.7 Å². The minimum Gasteiger partial charge on any atom is -0.265 e. The monoisotopic (exact) mass is 310 g/mol. The summed E-state index contributed by atoms with van der Waals surface area (Å²) in [6.07, 6.45) is 1.82. The maximum atomic E-state index is 6.34. The van der Waals surface area contributed by atoms with E-state index in [0.29, 0.717) is 6.54 Å². The molecule has 0 amide bonds. The van der Waals surface area contributed by atoms with Gasteiger partial charge in [0.05, 0.1) is 17.6 Å². The van der Waals surface area contributed by atoms with Crippen molar-refractivity contribution in [3.63, 3.8) is 0 Å². The van der Waals surface area contributed by atoms with Crippen LogP contribution in [0, 0.1) is 0 Å². The molecule has 0 saturated carbocycles. The summed E-state index contributed by atoms with van der Waals surface area (Å²) in [7, 11) is 0. The van der Waals surface area contributed by atoms with E-state index in [1.807, 2.05) is 35.9 Å². The molecule has 0 N–H and O–H groups in total. The fourth-order valence-electron chi connectivity index (χ4n) is 2.58. The Morgan fingerprint density at radius 3 is 2.45 bits per heavy atom. The largest absolute Gasteiger partial charge is 0.265 e. The number of aryl methyl sites for hydroxylation is 1. The van der Waals surface area contributed by atoms with Crippen molar-refractivity contribution in [2.75, 3.05) is 0 Å². The van der Waals surface area contributed by atoms with Crippen molar-refractivity contribution in [3.8, 4) is 0 Å². The Balaban J connectivity index is 2.44. The third kappa shape index (κ3) is 3.02. The minimum atomic E-state index is -0.0140. The van der Waals surface area contributed by atoms with Gasteiger partial charge < -0.3 is 0 Å². The molecule has 0 aliphatic heterocycles. The third-order valence-electron chi connectivity index (χ3n) is 3.52. The van der Waals surface area contributed by atoms with Gasteiger partial charge in [0.25, 0.3) is 0 Å². The van der Waals surface area contributed by atoms with E-state index in [4.69, 9.17) is 28.3 Å². The van der Waals surface area contributed by atoms with Gasteiger partial charge in [-0.3, -0.25) is 4.68 Å². The summed E-state index contributed by atoms with van der Waals surface area (Å²) in [5, 5.41) is 5.50. The third-order valence-corrected chi connectivity index (χ3v) is 4.11. The SMILES string of the molecule is CCc1nn(Cc2ccccc2Cl)c(CC)c1C(C)Cl. The summed E-state index contributed by atoms with van der Waals surface area (Å²) in [6, 6.07) is 7.90. The lowest BCUT2D eigenvalue weighted by atomic mass is 10.1. The number of nitrogens with zero attached hydrogens (tertiary/aromatic N) is 2. The predicted octanol–water partition coefficient (Wildman–Crippen LogP) is 5.01. The van der Waals surface area contributed by atoms with Gasteiger partial charge in [-0.1, -0.05) is 43.6 Å². The molecule has 0 fully saturated rings. The molecule has 0 bridgehead atoms. The zero-order valence-corrected chi connectivity index (χ0v) is 13.7. The van der Waals surface area contributed by atoms with E-state index in [2.05, 4.69) is 13.8 Å². The number of hydrogen-bond donors (Lipinski definition) is 0. The van der Waals surface area contributed by atoms with Crippen LogP contribution >= 0.6 is 23.2 Å². The van der Waals surface area contributed by atoms with E-state index in [-0.39, 0.29) is 5.38 Å². The Morgan fingerprint density at radius 2 is 1.90 bits per heavy atom. The van der Waals surface area contributed by atoms with Crippen LogP contribution in [-0.2, 0) is 19.4 Å². The van der Waals surface area contributed by atoms with Gasteiger partial charge in [0, 0.05) is 16.3 Å². The van der Waals surface area contributed by atoms with Crippen molar-refractivity contribution in [2.24, 2.45) is 0 Å². The number of alkyl halides is 1. The molecule has 20 heavy (non-hydrogen) atoms. The molecule has 0 spiro atoms. The van der Waals surface area contributed by atoms with Gasteiger partial charge in [0.15, 0.2) is 0 Å². The first kappa shape index (κ1) is 15.4. The second-order valence-corrected chi connectivity index (χ2v) is 5.94. The van der Waals surface area contributed by atoms with E-state index in [9.17, 15) is 0 Å². The highest BCUT2D eigenvalue weighted by molar-refractivity contribution is 6.31. The zero-order valence-electron chi connectivity index (χ0n) is 12.2. The van der Waals surface area contributed by atoms with Crippen molar-refractivity contribution in [1.82, 2.24) is 9.78 Å². The summed E-state index contributed by atoms with van der Waals surface area (Å²) in [4.78, 5) is 0. The maximum absolute atomic E-state index is 6.34. The van der Waals surface area contributed by atoms with Crippen LogP contribution in [0.3, 0.4) is 0 Å². The van der Waals surface area contributed by atoms with Gasteiger partial charge >= 0.3 is 0 Å². The molecule has 0 radical (unpaired) electrons. The Bertz CT molecular complexity index is 588. The highest BCUT2D eigenvalue weighted by atomic mass is 35.5. The van der Waals surface area contributed by atoms with Gasteiger partial charge in [-0.05, 0) is 31.4 Å². The molecule has 108 valence electrons. The quantitative estimate of drug-likeness (QED) is 0.710. The average molecular weight is 311 g/mol. The number of rotatable bonds is 5. The predicted molar refractivity (Wildman–Crippen MR) is 85.8 cm³/mol. The van der Waals surface area contributed by atoms with Gasteiger partial charge in [-0.15, -0.1) is 11.6 Å². The molecule has 1 atom stereocenters. The van der Waals surface area contributed by atoms with E-state index in [0.717, 1.165) is 29.1 Å². The molecular formula is C16H20Cl2N2. The molecule has 2 rings (SSSR count). The maximum Gasteiger partial charge on any atom is 0.0677 e. The van der Waals surface area contributed by atoms with Crippen LogP contribution in [0.4, 0.5) is 0 Å². The highest BCUT2D eigenvalue weighted by Crippen LogP contribution is 2.29. The Hall–Kier alpha value is -0.990. The molecule has 2 aromatic rings. The zero-order chi connectivity index (χ0) is 14.7. The number of hydrogen-bond acceptors (Lipinski definition) is 1. The van der Waals surface area contributed by atoms with Crippen molar-refractivity contribution < 1.29 is 0 Å². The lowest BCUT2D eigenvalue weighted by Gasteiger charge is -2.10. The molecule has 1 unspecified atom stereocenters. The van der Waals surface area contributed by atoms with Gasteiger partial charge in [-0.25, -0.2) is 0 Å². The molecule has 0 aliphatic carbocycles. The lowest BCUT2D eigenvalue weighted by molar-refractivity contribution is 0.639. The van der Waals surface area contributed by atoms with Crippen molar-refractivity contribution in [3.05, 3.63) is 51.8 Å². The lowest BCUT2D eigenvalue weighted by Crippen LogP contribution is -2.07. The molecule has 1 heterocycles. The molecular weight excluding hydrogens is 291 g/mol. The molecule has 1 aromatic heterocycles. The summed E-state index contributed by atoms with van der Waals surface area (Å²) < 4.78 is 2.05. The van der Waals surface area contributed by atoms with Crippen LogP contribution < -0.4 is 0 Å². The highest BCUT2D eigenvalue weighted by Gasteiger charge is 2.19. The molecule has 1 aromatic carbocycles. The van der Waals surface area contributed by atoms with Gasteiger partial charge in [-0.2, -0.15) is 5.10 Å². The Labute approximate surface area is 130 Å². The van der Waals surface area contributed by atoms with Crippen LogP contribution in [-0.4, -0.2) is 9.78 Å². The summed E-state index contributed by atoms with van der Waals surface area (Å²) in [5.41, 5.74) is 4.58. The van der Waals surface area contributed by atoms with Crippen LogP contribution in [0.15, 0.2) is 24.3 Å². The Morgan fingerprint density at radius 1 is 1.20 bits per heavy atom. The van der Waals surface area contributed by atoms with E-state index < -0.39 is 0 Å². The first-order chi connectivity index (χ1) is 9.58. The molecule has 0 aliphatic rings. The second kappa shape index (κ2) is 6.64. The van der Waals surface area contributed by atoms with Gasteiger partial charge in [0.1, 0.15) is 0 Å². The molecule has 0 saturated heterocycles. The minimum absolute atomic E-state index is 0.0140. The number of aromatic nitrogens is 2. The van der Waals surface area contributed by atoms with E-state index in [1.165, 1.54) is 11.3 Å². The fraction of sp³-hybridized carbons (Fsp3) is 0.438. The van der Waals surface area contributed by atoms with Crippen molar-refractivity contribution >= 4 is 23.2 Å². The molecule has 2 nitrogen and oxygen atoms in total. The average Bonchev–Trinajstić information content (AvgIpc) is 2.79. The fourth-order valence-corrected chi connectivity index (χ4v) is 3.02. The first-order valence-electron chi connectivity index (χ1n) is 7.04. The second-order valence-electron chi connectivity index (χ2n) is 4.88. The summed E-state index contributed by atoms with van der Waals surface area (Å²) in [6.45, 7) is 6.96. The topological polar surface area (TPSA) is 17.8 Å². The summed E-state index contributed by atoms with van der Waals surface area (Å²) in [5.74, 6) is 0. The van der Waals surface area contributed by atoms with Gasteiger partial charge in [0.2, 0.25) is 0 Å². The standard InChI is InChI=1S/C16H20Cl2N2/c1-4-14-16(11(3)17)15(5-2)20(19-14)10-12-8-6-7-9-13(12)18/h6-9,11H,4-5,10H2,1-3H3. The molecule has 4 heteroatoms. The summed E-state index contributed by atoms with van der Waals surface area (Å²) >= 11 is 12.6. The number of benzene rings is 1. The van der Waals surface area contributed by atoms with Crippen LogP contribution in [0.25, 0.3) is 0 Å². The smallest absolute Gasteiger partial charge is 0.0677 e. The van der Waals surface area contributed by atoms with E-state index >= 15 is 0 Å². The van der Waals surface area contributed by atoms with Crippen LogP contribution in [0.5, 0.6) is 0 Å².